The molecule has 0 bridgehead atoms. The largest absolute Gasteiger partial charge is 0.497 e. The Bertz CT molecular complexity index is 675. The average Bonchev–Trinajstić information content (AvgIpc) is 2.53. The summed E-state index contributed by atoms with van der Waals surface area (Å²) >= 11 is 0. The molecule has 0 atom stereocenters. The molecule has 8 nitrogen and oxygen atoms in total. The van der Waals surface area contributed by atoms with E-state index in [4.69, 9.17) is 9.47 Å². The summed E-state index contributed by atoms with van der Waals surface area (Å²) in [5.74, 6) is 1.30. The number of benzene rings is 1. The molecule has 0 spiro atoms. The molecule has 0 aliphatic carbocycles. The Morgan fingerprint density at radius 3 is 2.62 bits per heavy atom. The number of nitrogens with one attached hydrogen (secondary N) is 1. The molecule has 2 rings (SSSR count). The zero-order chi connectivity index (χ0) is 15.4. The van der Waals surface area contributed by atoms with Gasteiger partial charge in [0.25, 0.3) is 0 Å². The first-order valence-corrected chi connectivity index (χ1v) is 6.02. The van der Waals surface area contributed by atoms with Crippen molar-refractivity contribution in [3.63, 3.8) is 0 Å². The molecule has 0 unspecified atom stereocenters. The van der Waals surface area contributed by atoms with Gasteiger partial charge in [0.1, 0.15) is 17.7 Å². The predicted molar refractivity (Wildman–Crippen MR) is 76.8 cm³/mol. The van der Waals surface area contributed by atoms with Gasteiger partial charge in [0, 0.05) is 18.7 Å². The lowest BCUT2D eigenvalue weighted by atomic mass is 10.1. The maximum Gasteiger partial charge on any atom is 0.313 e. The van der Waals surface area contributed by atoms with Gasteiger partial charge in [0.15, 0.2) is 5.69 Å². The van der Waals surface area contributed by atoms with Crippen molar-refractivity contribution in [3.05, 3.63) is 34.5 Å². The van der Waals surface area contributed by atoms with E-state index >= 15 is 0 Å². The van der Waals surface area contributed by atoms with E-state index in [0.29, 0.717) is 17.1 Å². The minimum absolute atomic E-state index is 0.179. The summed E-state index contributed by atoms with van der Waals surface area (Å²) in [6.45, 7) is 0. The molecule has 21 heavy (non-hydrogen) atoms. The Hall–Kier alpha value is -2.90. The first-order valence-electron chi connectivity index (χ1n) is 6.02. The van der Waals surface area contributed by atoms with Crippen molar-refractivity contribution in [1.29, 1.82) is 0 Å². The number of anilines is 1. The summed E-state index contributed by atoms with van der Waals surface area (Å²) in [5, 5.41) is 13.9. The van der Waals surface area contributed by atoms with Crippen molar-refractivity contribution < 1.29 is 14.4 Å². The quantitative estimate of drug-likeness (QED) is 0.665. The molecule has 1 N–H and O–H groups in total. The lowest BCUT2D eigenvalue weighted by molar-refractivity contribution is -0.384. The van der Waals surface area contributed by atoms with Gasteiger partial charge in [-0.3, -0.25) is 10.1 Å². The lowest BCUT2D eigenvalue weighted by Crippen LogP contribution is -2.02. The Balaban J connectivity index is 2.67. The van der Waals surface area contributed by atoms with Gasteiger partial charge in [-0.25, -0.2) is 9.97 Å². The van der Waals surface area contributed by atoms with Gasteiger partial charge in [0.05, 0.1) is 19.1 Å². The van der Waals surface area contributed by atoms with Crippen LogP contribution in [0.4, 0.5) is 11.6 Å². The smallest absolute Gasteiger partial charge is 0.313 e. The van der Waals surface area contributed by atoms with E-state index in [9.17, 15) is 10.1 Å². The van der Waals surface area contributed by atoms with Crippen LogP contribution in [0.1, 0.15) is 0 Å². The molecule has 0 aliphatic heterocycles. The third-order valence-electron chi connectivity index (χ3n) is 2.85. The maximum atomic E-state index is 11.2. The van der Waals surface area contributed by atoms with Crippen LogP contribution in [0.3, 0.4) is 0 Å². The van der Waals surface area contributed by atoms with Crippen LogP contribution >= 0.6 is 0 Å². The summed E-state index contributed by atoms with van der Waals surface area (Å²) in [6.07, 6.45) is 1.16. The first-order chi connectivity index (χ1) is 10.1. The van der Waals surface area contributed by atoms with E-state index < -0.39 is 4.92 Å². The van der Waals surface area contributed by atoms with E-state index in [1.165, 1.54) is 14.2 Å². The Morgan fingerprint density at radius 2 is 2.05 bits per heavy atom. The fourth-order valence-corrected chi connectivity index (χ4v) is 1.82. The summed E-state index contributed by atoms with van der Waals surface area (Å²) in [7, 11) is 4.64. The second-order valence-electron chi connectivity index (χ2n) is 4.00. The summed E-state index contributed by atoms with van der Waals surface area (Å²) in [4.78, 5) is 18.7. The van der Waals surface area contributed by atoms with Crippen LogP contribution < -0.4 is 14.8 Å². The highest BCUT2D eigenvalue weighted by Crippen LogP contribution is 2.36. The predicted octanol–water partition coefficient (Wildman–Crippen LogP) is 2.11. The summed E-state index contributed by atoms with van der Waals surface area (Å²) in [6, 6.07) is 4.98. The Morgan fingerprint density at radius 1 is 1.29 bits per heavy atom. The second kappa shape index (κ2) is 6.04. The molecular formula is C13H14N4O4. The molecule has 2 aromatic rings. The highest BCUT2D eigenvalue weighted by Gasteiger charge is 2.22. The summed E-state index contributed by atoms with van der Waals surface area (Å²) < 4.78 is 10.4. The monoisotopic (exact) mass is 290 g/mol. The molecule has 0 saturated heterocycles. The van der Waals surface area contributed by atoms with Crippen molar-refractivity contribution in [3.8, 4) is 22.8 Å². The van der Waals surface area contributed by atoms with Crippen molar-refractivity contribution >= 4 is 11.6 Å². The maximum absolute atomic E-state index is 11.2. The van der Waals surface area contributed by atoms with Gasteiger partial charge < -0.3 is 14.8 Å². The van der Waals surface area contributed by atoms with Crippen LogP contribution in [0.25, 0.3) is 11.3 Å². The zero-order valence-electron chi connectivity index (χ0n) is 11.8. The fraction of sp³-hybridized carbons (Fsp3) is 0.231. The minimum Gasteiger partial charge on any atom is -0.497 e. The standard InChI is InChI=1S/C13H14N4O4/c1-14-13-15-7-10(17(18)19)12(16-13)9-5-4-8(20-2)6-11(9)21-3/h4-7H,1-3H3,(H,14,15,16). The number of nitrogens with zero attached hydrogens (tertiary/aromatic N) is 3. The SMILES string of the molecule is CNc1ncc([N+](=O)[O-])c(-c2ccc(OC)cc2OC)n1. The third-order valence-corrected chi connectivity index (χ3v) is 2.85. The third kappa shape index (κ3) is 2.83. The number of hydrogen-bond acceptors (Lipinski definition) is 7. The number of methoxy groups -OCH3 is 2. The Kier molecular flexibility index (Phi) is 4.17. The van der Waals surface area contributed by atoms with Crippen LogP contribution in [-0.4, -0.2) is 36.2 Å². The van der Waals surface area contributed by atoms with Crippen LogP contribution in [0.15, 0.2) is 24.4 Å². The lowest BCUT2D eigenvalue weighted by Gasteiger charge is -2.10. The topological polar surface area (TPSA) is 99.4 Å². The van der Waals surface area contributed by atoms with Gasteiger partial charge in [-0.2, -0.15) is 0 Å². The molecule has 0 saturated carbocycles. The highest BCUT2D eigenvalue weighted by atomic mass is 16.6. The van der Waals surface area contributed by atoms with Crippen LogP contribution in [-0.2, 0) is 0 Å². The molecule has 0 fully saturated rings. The van der Waals surface area contributed by atoms with E-state index in [1.54, 1.807) is 25.2 Å². The average molecular weight is 290 g/mol. The number of nitro groups is 1. The number of rotatable bonds is 5. The first kappa shape index (κ1) is 14.5. The zero-order valence-corrected chi connectivity index (χ0v) is 11.8. The van der Waals surface area contributed by atoms with Gasteiger partial charge in [0.2, 0.25) is 5.95 Å². The number of ether oxygens (including phenoxy) is 2. The second-order valence-corrected chi connectivity index (χ2v) is 4.00. The molecule has 1 aromatic heterocycles. The summed E-state index contributed by atoms with van der Waals surface area (Å²) in [5.41, 5.74) is 0.472. The van der Waals surface area contributed by atoms with Crippen molar-refractivity contribution in [2.75, 3.05) is 26.6 Å². The molecule has 0 radical (unpaired) electrons. The molecular weight excluding hydrogens is 276 g/mol. The molecule has 110 valence electrons. The van der Waals surface area contributed by atoms with Crippen molar-refractivity contribution in [1.82, 2.24) is 9.97 Å². The van der Waals surface area contributed by atoms with Gasteiger partial charge in [-0.15, -0.1) is 0 Å². The molecule has 8 heteroatoms. The van der Waals surface area contributed by atoms with E-state index in [2.05, 4.69) is 15.3 Å². The minimum atomic E-state index is -0.529. The number of hydrogen-bond donors (Lipinski definition) is 1. The normalized spacial score (nSPS) is 10.0. The van der Waals surface area contributed by atoms with Crippen LogP contribution in [0.2, 0.25) is 0 Å². The van der Waals surface area contributed by atoms with Crippen molar-refractivity contribution in [2.45, 2.75) is 0 Å². The molecule has 1 heterocycles. The van der Waals surface area contributed by atoms with Crippen molar-refractivity contribution in [2.24, 2.45) is 0 Å². The Labute approximate surface area is 120 Å². The molecule has 0 amide bonds. The highest BCUT2D eigenvalue weighted by molar-refractivity contribution is 5.76. The van der Waals surface area contributed by atoms with Gasteiger partial charge in [-0.1, -0.05) is 0 Å². The van der Waals surface area contributed by atoms with Gasteiger partial charge >= 0.3 is 5.69 Å². The number of aromatic nitrogens is 2. The van der Waals surface area contributed by atoms with E-state index in [-0.39, 0.29) is 17.3 Å². The molecule has 0 aliphatic rings. The van der Waals surface area contributed by atoms with E-state index in [1.807, 2.05) is 0 Å². The molecule has 1 aromatic carbocycles. The van der Waals surface area contributed by atoms with Crippen LogP contribution in [0, 0.1) is 10.1 Å². The van der Waals surface area contributed by atoms with E-state index in [0.717, 1.165) is 6.20 Å². The van der Waals surface area contributed by atoms with Gasteiger partial charge in [-0.05, 0) is 12.1 Å². The van der Waals surface area contributed by atoms with Crippen LogP contribution in [0.5, 0.6) is 11.5 Å². The fourth-order valence-electron chi connectivity index (χ4n) is 1.82.